The van der Waals surface area contributed by atoms with Gasteiger partial charge in [0.05, 0.1) is 0 Å². The number of thiol groups is 1. The Balaban J connectivity index is 2.39. The van der Waals surface area contributed by atoms with Gasteiger partial charge in [0, 0.05) is 0 Å². The van der Waals surface area contributed by atoms with Gasteiger partial charge >= 0.3 is 115 Å². The Morgan fingerprint density at radius 1 is 1.00 bits per heavy atom. The summed E-state index contributed by atoms with van der Waals surface area (Å²) in [6.07, 6.45) is 0. The molecule has 3 aromatic rings. The molecule has 0 unspecified atom stereocenters. The minimum atomic E-state index is -0.114. The van der Waals surface area contributed by atoms with Crippen molar-refractivity contribution in [2.45, 2.75) is 0 Å². The van der Waals surface area contributed by atoms with Crippen LogP contribution in [0.25, 0.3) is 20.2 Å². The Kier molecular flexibility index (Phi) is 3.13. The minimum absolute atomic E-state index is 0.114. The fraction of sp³-hybridized carbons (Fsp3) is 0.0769. The van der Waals surface area contributed by atoms with Gasteiger partial charge in [-0.05, 0) is 0 Å². The first-order valence-corrected chi connectivity index (χ1v) is 9.30. The summed E-state index contributed by atoms with van der Waals surface area (Å²) in [5, 5.41) is 2.82. The van der Waals surface area contributed by atoms with Gasteiger partial charge in [-0.25, -0.2) is 0 Å². The van der Waals surface area contributed by atoms with E-state index in [9.17, 15) is 0 Å². The molecule has 80 valence electrons. The average molecular weight is 358 g/mol. The zero-order chi connectivity index (χ0) is 11.0. The Labute approximate surface area is 114 Å². The summed E-state index contributed by atoms with van der Waals surface area (Å²) < 4.78 is 5.48. The van der Waals surface area contributed by atoms with E-state index in [1.165, 1.54) is 20.2 Å². The fourth-order valence-corrected chi connectivity index (χ4v) is 6.28. The van der Waals surface area contributed by atoms with Gasteiger partial charge in [0.2, 0.25) is 0 Å². The van der Waals surface area contributed by atoms with Crippen molar-refractivity contribution < 1.29 is 0 Å². The van der Waals surface area contributed by atoms with Crippen LogP contribution in [0.4, 0.5) is 0 Å². The summed E-state index contributed by atoms with van der Waals surface area (Å²) in [5.74, 6) is 0. The predicted molar refractivity (Wildman–Crippen MR) is 78.6 cm³/mol. The first-order valence-electron chi connectivity index (χ1n) is 5.04. The third-order valence-electron chi connectivity index (χ3n) is 2.59. The van der Waals surface area contributed by atoms with Crippen molar-refractivity contribution in [3.8, 4) is 0 Å². The van der Waals surface area contributed by atoms with E-state index in [0.29, 0.717) is 0 Å². The summed E-state index contributed by atoms with van der Waals surface area (Å²) in [7, 11) is 0. The van der Waals surface area contributed by atoms with Crippen LogP contribution in [0.15, 0.2) is 42.5 Å². The van der Waals surface area contributed by atoms with Gasteiger partial charge in [-0.1, -0.05) is 0 Å². The van der Waals surface area contributed by atoms with Gasteiger partial charge in [-0.15, -0.1) is 0 Å². The quantitative estimate of drug-likeness (QED) is 0.528. The standard InChI is InChI=1S/C13H10S2Te/c14-8-16-12-7-3-5-10-9-4-1-2-6-11(9)15-13(10)12/h1-7,14H,8H2. The zero-order valence-electron chi connectivity index (χ0n) is 8.51. The van der Waals surface area contributed by atoms with Crippen LogP contribution in [0.3, 0.4) is 0 Å². The van der Waals surface area contributed by atoms with E-state index in [2.05, 4.69) is 55.1 Å². The zero-order valence-corrected chi connectivity index (χ0v) is 12.6. The summed E-state index contributed by atoms with van der Waals surface area (Å²) in [6, 6.07) is 15.4. The molecule has 3 heteroatoms. The summed E-state index contributed by atoms with van der Waals surface area (Å²) in [5.41, 5.74) is 0. The first kappa shape index (κ1) is 10.9. The molecular weight excluding hydrogens is 348 g/mol. The van der Waals surface area contributed by atoms with E-state index >= 15 is 0 Å². The molecule has 0 N–H and O–H groups in total. The van der Waals surface area contributed by atoms with Crippen molar-refractivity contribution >= 4 is 68.7 Å². The van der Waals surface area contributed by atoms with Crippen molar-refractivity contribution in [2.75, 3.05) is 3.80 Å². The predicted octanol–water partition coefficient (Wildman–Crippen LogP) is 3.27. The molecule has 0 aliphatic carbocycles. The van der Waals surface area contributed by atoms with Crippen molar-refractivity contribution in [2.24, 2.45) is 0 Å². The molecule has 3 rings (SSSR count). The molecule has 0 saturated carbocycles. The van der Waals surface area contributed by atoms with Crippen molar-refractivity contribution in [3.05, 3.63) is 42.5 Å². The number of benzene rings is 2. The first-order chi connectivity index (χ1) is 7.90. The second-order valence-electron chi connectivity index (χ2n) is 3.50. The number of fused-ring (bicyclic) bond motifs is 3. The molecule has 0 aliphatic rings. The van der Waals surface area contributed by atoms with Gasteiger partial charge in [0.1, 0.15) is 0 Å². The molecule has 0 saturated heterocycles. The van der Waals surface area contributed by atoms with Crippen molar-refractivity contribution in [1.29, 1.82) is 0 Å². The van der Waals surface area contributed by atoms with Gasteiger partial charge in [-0.3, -0.25) is 0 Å². The fourth-order valence-electron chi connectivity index (χ4n) is 1.90. The van der Waals surface area contributed by atoms with Crippen LogP contribution < -0.4 is 3.61 Å². The molecule has 2 aromatic carbocycles. The van der Waals surface area contributed by atoms with Gasteiger partial charge < -0.3 is 0 Å². The number of hydrogen-bond acceptors (Lipinski definition) is 2. The third kappa shape index (κ3) is 1.76. The molecular formula is C13H10S2Te. The van der Waals surface area contributed by atoms with Crippen LogP contribution >= 0.6 is 24.0 Å². The molecule has 0 atom stereocenters. The Morgan fingerprint density at radius 3 is 2.69 bits per heavy atom. The molecule has 0 amide bonds. The van der Waals surface area contributed by atoms with E-state index in [4.69, 9.17) is 0 Å². The average Bonchev–Trinajstić information content (AvgIpc) is 2.69. The molecule has 0 bridgehead atoms. The van der Waals surface area contributed by atoms with Crippen LogP contribution in [0.5, 0.6) is 0 Å². The van der Waals surface area contributed by atoms with Gasteiger partial charge in [0.15, 0.2) is 0 Å². The van der Waals surface area contributed by atoms with Gasteiger partial charge in [0.25, 0.3) is 0 Å². The van der Waals surface area contributed by atoms with Crippen LogP contribution in [0.2, 0.25) is 0 Å². The van der Waals surface area contributed by atoms with Crippen molar-refractivity contribution in [3.63, 3.8) is 0 Å². The topological polar surface area (TPSA) is 0 Å². The molecule has 0 radical (unpaired) electrons. The van der Waals surface area contributed by atoms with E-state index in [0.717, 1.165) is 3.80 Å². The second kappa shape index (κ2) is 4.58. The number of hydrogen-bond donors (Lipinski definition) is 1. The maximum absolute atomic E-state index is 4.38. The summed E-state index contributed by atoms with van der Waals surface area (Å²) in [4.78, 5) is 0. The Morgan fingerprint density at radius 2 is 1.81 bits per heavy atom. The Hall–Kier alpha value is -0.200. The van der Waals surface area contributed by atoms with E-state index < -0.39 is 0 Å². The second-order valence-corrected chi connectivity index (χ2v) is 9.10. The monoisotopic (exact) mass is 360 g/mol. The van der Waals surface area contributed by atoms with E-state index in [1.54, 1.807) is 3.61 Å². The number of thiophene rings is 1. The molecule has 0 nitrogen and oxygen atoms in total. The summed E-state index contributed by atoms with van der Waals surface area (Å²) in [6.45, 7) is 0. The van der Waals surface area contributed by atoms with Crippen LogP contribution in [-0.4, -0.2) is 24.7 Å². The maximum atomic E-state index is 4.38. The SMILES string of the molecule is SC[Te]c1cccc2c1sc1ccccc12. The summed E-state index contributed by atoms with van der Waals surface area (Å²) >= 11 is 6.20. The van der Waals surface area contributed by atoms with E-state index in [1.807, 2.05) is 11.3 Å². The van der Waals surface area contributed by atoms with Crippen LogP contribution in [0.1, 0.15) is 0 Å². The molecule has 1 aromatic heterocycles. The third-order valence-corrected chi connectivity index (χ3v) is 7.30. The molecule has 16 heavy (non-hydrogen) atoms. The molecule has 1 heterocycles. The van der Waals surface area contributed by atoms with Gasteiger partial charge in [-0.2, -0.15) is 0 Å². The molecule has 0 aliphatic heterocycles. The number of rotatable bonds is 2. The normalized spacial score (nSPS) is 11.3. The van der Waals surface area contributed by atoms with Crippen LogP contribution in [-0.2, 0) is 0 Å². The Bertz CT molecular complexity index is 643. The van der Waals surface area contributed by atoms with Crippen LogP contribution in [0, 0.1) is 0 Å². The van der Waals surface area contributed by atoms with E-state index in [-0.39, 0.29) is 20.9 Å². The molecule has 0 spiro atoms. The van der Waals surface area contributed by atoms with Crippen molar-refractivity contribution in [1.82, 2.24) is 0 Å². The molecule has 0 fully saturated rings.